The number of carbonyl (C=O) groups is 1. The molecule has 1 aliphatic rings. The fraction of sp³-hybridized carbons (Fsp3) is 0.231. The van der Waals surface area contributed by atoms with Gasteiger partial charge in [-0.3, -0.25) is 9.78 Å². The lowest BCUT2D eigenvalue weighted by Gasteiger charge is -2.32. The van der Waals surface area contributed by atoms with E-state index < -0.39 is 10.0 Å². The Bertz CT molecular complexity index is 1420. The quantitative estimate of drug-likeness (QED) is 0.385. The number of hydrogen-bond donors (Lipinski definition) is 2. The number of anilines is 1. The van der Waals surface area contributed by atoms with Gasteiger partial charge in [-0.25, -0.2) is 8.42 Å². The first-order valence-electron chi connectivity index (χ1n) is 11.5. The zero-order valence-corrected chi connectivity index (χ0v) is 20.7. The summed E-state index contributed by atoms with van der Waals surface area (Å²) in [5.41, 5.74) is 2.54. The van der Waals surface area contributed by atoms with Crippen molar-refractivity contribution in [3.63, 3.8) is 0 Å². The van der Waals surface area contributed by atoms with Crippen molar-refractivity contribution in [1.82, 2.24) is 14.6 Å². The molecule has 9 heteroatoms. The highest BCUT2D eigenvalue weighted by Gasteiger charge is 2.30. The molecule has 1 fully saturated rings. The number of hydrogen-bond acceptors (Lipinski definition) is 6. The third kappa shape index (κ3) is 5.22. The predicted molar refractivity (Wildman–Crippen MR) is 139 cm³/mol. The van der Waals surface area contributed by atoms with Crippen LogP contribution in [0.2, 0.25) is 0 Å². The highest BCUT2D eigenvalue weighted by molar-refractivity contribution is 7.91. The van der Waals surface area contributed by atoms with Crippen LogP contribution >= 0.6 is 11.3 Å². The number of carbonyl (C=O) groups excluding carboxylic acids is 1. The summed E-state index contributed by atoms with van der Waals surface area (Å²) >= 11 is 1.21. The molecule has 0 spiro atoms. The van der Waals surface area contributed by atoms with Gasteiger partial charge < -0.3 is 10.6 Å². The summed E-state index contributed by atoms with van der Waals surface area (Å²) in [5, 5.41) is 7.50. The molecule has 7 nitrogen and oxygen atoms in total. The highest BCUT2D eigenvalue weighted by atomic mass is 32.2. The van der Waals surface area contributed by atoms with E-state index in [1.807, 2.05) is 48.5 Å². The van der Waals surface area contributed by atoms with Gasteiger partial charge in [0.2, 0.25) is 0 Å². The second-order valence-electron chi connectivity index (χ2n) is 8.47. The number of nitrogens with one attached hydrogen (secondary N) is 2. The molecule has 0 unspecified atom stereocenters. The average Bonchev–Trinajstić information content (AvgIpc) is 3.38. The monoisotopic (exact) mass is 506 g/mol. The molecule has 3 heterocycles. The van der Waals surface area contributed by atoms with Crippen LogP contribution in [0.3, 0.4) is 0 Å². The van der Waals surface area contributed by atoms with E-state index in [1.165, 1.54) is 11.3 Å². The van der Waals surface area contributed by atoms with Crippen LogP contribution in [0.1, 0.15) is 28.1 Å². The summed E-state index contributed by atoms with van der Waals surface area (Å²) < 4.78 is 28.3. The van der Waals surface area contributed by atoms with E-state index in [4.69, 9.17) is 0 Å². The van der Waals surface area contributed by atoms with Gasteiger partial charge in [0.05, 0.1) is 12.1 Å². The lowest BCUT2D eigenvalue weighted by atomic mass is 10.1. The van der Waals surface area contributed by atoms with Gasteiger partial charge in [0.25, 0.3) is 15.9 Å². The molecular weight excluding hydrogens is 480 g/mol. The van der Waals surface area contributed by atoms with E-state index in [1.54, 1.807) is 34.8 Å². The lowest BCUT2D eigenvalue weighted by Crippen LogP contribution is -2.42. The Morgan fingerprint density at radius 2 is 1.77 bits per heavy atom. The Morgan fingerprint density at radius 1 is 0.971 bits per heavy atom. The second-order valence-corrected chi connectivity index (χ2v) is 11.8. The first-order valence-corrected chi connectivity index (χ1v) is 13.8. The maximum atomic E-state index is 13.2. The Kier molecular flexibility index (Phi) is 6.81. The van der Waals surface area contributed by atoms with Crippen molar-refractivity contribution in [2.45, 2.75) is 29.6 Å². The van der Waals surface area contributed by atoms with Gasteiger partial charge in [0, 0.05) is 46.8 Å². The smallest absolute Gasteiger partial charge is 0.252 e. The van der Waals surface area contributed by atoms with Crippen LogP contribution in [0.15, 0.2) is 83.2 Å². The van der Waals surface area contributed by atoms with Crippen molar-refractivity contribution in [2.75, 3.05) is 18.4 Å². The molecule has 0 atom stereocenters. The standard InChI is InChI=1S/C26H26N4O3S2/c31-26(19-6-2-1-3-7-19)28-18-21-11-12-25(34-21)35(32,33)30-16-13-20(14-17-30)29-24-10-4-9-23-22(24)8-5-15-27-23/h1-12,15,20,29H,13-14,16-18H2,(H,28,31). The number of benzene rings is 2. The summed E-state index contributed by atoms with van der Waals surface area (Å²) in [4.78, 5) is 17.5. The Hall–Kier alpha value is -3.27. The minimum Gasteiger partial charge on any atom is -0.382 e. The molecule has 35 heavy (non-hydrogen) atoms. The Balaban J connectivity index is 1.18. The first kappa shape index (κ1) is 23.5. The van der Waals surface area contributed by atoms with E-state index >= 15 is 0 Å². The zero-order valence-electron chi connectivity index (χ0n) is 19.1. The van der Waals surface area contributed by atoms with Gasteiger partial charge in [0.15, 0.2) is 0 Å². The normalized spacial score (nSPS) is 15.2. The summed E-state index contributed by atoms with van der Waals surface area (Å²) in [6.45, 7) is 1.21. The third-order valence-electron chi connectivity index (χ3n) is 6.15. The molecule has 180 valence electrons. The molecule has 2 aromatic heterocycles. The number of rotatable bonds is 7. The second kappa shape index (κ2) is 10.2. The van der Waals surface area contributed by atoms with Crippen LogP contribution in [-0.2, 0) is 16.6 Å². The van der Waals surface area contributed by atoms with Crippen LogP contribution in [0, 0.1) is 0 Å². The Morgan fingerprint density at radius 3 is 2.57 bits per heavy atom. The number of amides is 1. The van der Waals surface area contributed by atoms with E-state index in [0.29, 0.717) is 29.4 Å². The van der Waals surface area contributed by atoms with Crippen LogP contribution in [0.5, 0.6) is 0 Å². The van der Waals surface area contributed by atoms with Crippen LogP contribution in [0.25, 0.3) is 10.9 Å². The van der Waals surface area contributed by atoms with Gasteiger partial charge in [-0.1, -0.05) is 24.3 Å². The minimum atomic E-state index is -3.56. The minimum absolute atomic E-state index is 0.181. The summed E-state index contributed by atoms with van der Waals surface area (Å²) in [5.74, 6) is -0.181. The van der Waals surface area contributed by atoms with Crippen molar-refractivity contribution in [3.05, 3.63) is 89.4 Å². The van der Waals surface area contributed by atoms with Gasteiger partial charge in [-0.2, -0.15) is 4.31 Å². The van der Waals surface area contributed by atoms with Crippen LogP contribution < -0.4 is 10.6 Å². The van der Waals surface area contributed by atoms with Gasteiger partial charge in [0.1, 0.15) is 4.21 Å². The van der Waals surface area contributed by atoms with Gasteiger partial charge in [-0.05, 0) is 61.4 Å². The number of nitrogens with zero attached hydrogens (tertiary/aromatic N) is 2. The highest BCUT2D eigenvalue weighted by Crippen LogP contribution is 2.29. The molecule has 5 rings (SSSR count). The molecular formula is C26H26N4O3S2. The summed E-state index contributed by atoms with van der Waals surface area (Å²) in [6.07, 6.45) is 3.23. The molecule has 2 aromatic carbocycles. The molecule has 1 saturated heterocycles. The maximum Gasteiger partial charge on any atom is 0.252 e. The predicted octanol–water partition coefficient (Wildman–Crippen LogP) is 4.49. The summed E-state index contributed by atoms with van der Waals surface area (Å²) in [6, 6.07) is 22.5. The lowest BCUT2D eigenvalue weighted by molar-refractivity contribution is 0.0951. The van der Waals surface area contributed by atoms with Gasteiger partial charge >= 0.3 is 0 Å². The fourth-order valence-corrected chi connectivity index (χ4v) is 7.19. The van der Waals surface area contributed by atoms with E-state index in [2.05, 4.69) is 15.6 Å². The largest absolute Gasteiger partial charge is 0.382 e. The van der Waals surface area contributed by atoms with Crippen LogP contribution in [0.4, 0.5) is 5.69 Å². The molecule has 0 aliphatic carbocycles. The van der Waals surface area contributed by atoms with E-state index in [-0.39, 0.29) is 11.9 Å². The molecule has 0 bridgehead atoms. The summed E-state index contributed by atoms with van der Waals surface area (Å²) in [7, 11) is -3.56. The fourth-order valence-electron chi connectivity index (χ4n) is 4.27. The molecule has 4 aromatic rings. The molecule has 2 N–H and O–H groups in total. The van der Waals surface area contributed by atoms with Crippen molar-refractivity contribution in [1.29, 1.82) is 0 Å². The molecule has 1 amide bonds. The maximum absolute atomic E-state index is 13.2. The topological polar surface area (TPSA) is 91.4 Å². The number of pyridine rings is 1. The average molecular weight is 507 g/mol. The van der Waals surface area contributed by atoms with Crippen molar-refractivity contribution in [3.8, 4) is 0 Å². The number of aromatic nitrogens is 1. The number of fused-ring (bicyclic) bond motifs is 1. The van der Waals surface area contributed by atoms with Crippen molar-refractivity contribution < 1.29 is 13.2 Å². The van der Waals surface area contributed by atoms with Crippen molar-refractivity contribution in [2.24, 2.45) is 0 Å². The van der Waals surface area contributed by atoms with Crippen LogP contribution in [-0.4, -0.2) is 42.7 Å². The molecule has 1 aliphatic heterocycles. The number of piperidine rings is 1. The van der Waals surface area contributed by atoms with Gasteiger partial charge in [-0.15, -0.1) is 11.3 Å². The van der Waals surface area contributed by atoms with Crippen molar-refractivity contribution >= 4 is 43.9 Å². The number of thiophene rings is 1. The SMILES string of the molecule is O=C(NCc1ccc(S(=O)(=O)N2CCC(Nc3cccc4ncccc34)CC2)s1)c1ccccc1. The Labute approximate surface area is 208 Å². The molecule has 0 radical (unpaired) electrons. The molecule has 0 saturated carbocycles. The first-order chi connectivity index (χ1) is 17.0. The van der Waals surface area contributed by atoms with E-state index in [0.717, 1.165) is 34.3 Å². The third-order valence-corrected chi connectivity index (χ3v) is 9.60. The van der Waals surface area contributed by atoms with E-state index in [9.17, 15) is 13.2 Å². The number of sulfonamides is 1. The zero-order chi connectivity index (χ0) is 24.3.